The monoisotopic (exact) mass is 259 g/mol. The molecule has 3 nitrogen and oxygen atoms in total. The van der Waals surface area contributed by atoms with E-state index in [9.17, 15) is 4.79 Å². The minimum atomic E-state index is -0.470. The van der Waals surface area contributed by atoms with E-state index in [1.165, 1.54) is 22.8 Å². The Hall–Kier alpha value is -0.960. The maximum absolute atomic E-state index is 11.0. The summed E-state index contributed by atoms with van der Waals surface area (Å²) in [6.45, 7) is 0.206. The number of nitrogens with zero attached hydrogens (tertiary/aromatic N) is 1. The minimum Gasteiger partial charge on any atom is -0.457 e. The van der Waals surface area contributed by atoms with Gasteiger partial charge in [0.15, 0.2) is 0 Å². The van der Waals surface area contributed by atoms with Crippen LogP contribution < -0.4 is 0 Å². The molecule has 1 aromatic heterocycles. The summed E-state index contributed by atoms with van der Waals surface area (Å²) in [6.07, 6.45) is 1.21. The first kappa shape index (κ1) is 12.1. The number of carbonyl (C=O) groups excluding carboxylic acids is 1. The van der Waals surface area contributed by atoms with Gasteiger partial charge in [-0.3, -0.25) is 0 Å². The molecule has 78 valence electrons. The van der Waals surface area contributed by atoms with Crippen LogP contribution in [0.15, 0.2) is 23.6 Å². The molecule has 0 aromatic carbocycles. The van der Waals surface area contributed by atoms with Crippen molar-refractivity contribution in [1.82, 2.24) is 0 Å². The Morgan fingerprint density at radius 2 is 2.53 bits per heavy atom. The maximum Gasteiger partial charge on any atom is 0.331 e. The Balaban J connectivity index is 2.32. The SMILES string of the molecule is N#CS/C=C\C(=O)OCc1ccc(Cl)s1. The van der Waals surface area contributed by atoms with Crippen molar-refractivity contribution < 1.29 is 9.53 Å². The van der Waals surface area contributed by atoms with Gasteiger partial charge in [-0.2, -0.15) is 5.26 Å². The fraction of sp³-hybridized carbons (Fsp3) is 0.111. The summed E-state index contributed by atoms with van der Waals surface area (Å²) in [5.74, 6) is -0.470. The topological polar surface area (TPSA) is 50.1 Å². The third-order valence-corrected chi connectivity index (χ3v) is 2.89. The summed E-state index contributed by atoms with van der Waals surface area (Å²) in [5, 5.41) is 11.4. The van der Waals surface area contributed by atoms with Crippen molar-refractivity contribution >= 4 is 40.7 Å². The number of halogens is 1. The van der Waals surface area contributed by atoms with Gasteiger partial charge in [0.1, 0.15) is 12.0 Å². The largest absolute Gasteiger partial charge is 0.457 e. The molecule has 0 saturated carbocycles. The number of nitriles is 1. The van der Waals surface area contributed by atoms with Crippen LogP contribution in [0.5, 0.6) is 0 Å². The van der Waals surface area contributed by atoms with Gasteiger partial charge in [0.05, 0.1) is 4.34 Å². The van der Waals surface area contributed by atoms with E-state index in [0.717, 1.165) is 16.6 Å². The van der Waals surface area contributed by atoms with Crippen molar-refractivity contribution in [2.75, 3.05) is 0 Å². The van der Waals surface area contributed by atoms with Crippen LogP contribution in [-0.2, 0) is 16.1 Å². The van der Waals surface area contributed by atoms with Crippen LogP contribution in [0.1, 0.15) is 4.88 Å². The molecule has 0 aliphatic heterocycles. The Morgan fingerprint density at radius 3 is 3.13 bits per heavy atom. The molecule has 15 heavy (non-hydrogen) atoms. The Kier molecular flexibility index (Phi) is 5.26. The van der Waals surface area contributed by atoms with E-state index >= 15 is 0 Å². The van der Waals surface area contributed by atoms with E-state index in [-0.39, 0.29) is 6.61 Å². The van der Waals surface area contributed by atoms with Gasteiger partial charge in [-0.1, -0.05) is 11.6 Å². The van der Waals surface area contributed by atoms with Crippen LogP contribution in [0.4, 0.5) is 0 Å². The first-order chi connectivity index (χ1) is 7.22. The summed E-state index contributed by atoms with van der Waals surface area (Å²) in [5.41, 5.74) is 0. The molecular weight excluding hydrogens is 254 g/mol. The highest BCUT2D eigenvalue weighted by atomic mass is 35.5. The summed E-state index contributed by atoms with van der Waals surface area (Å²) >= 11 is 7.94. The van der Waals surface area contributed by atoms with Crippen LogP contribution in [0.3, 0.4) is 0 Å². The van der Waals surface area contributed by atoms with E-state index in [4.69, 9.17) is 21.6 Å². The lowest BCUT2D eigenvalue weighted by Crippen LogP contribution is -1.98. The second-order valence-electron chi connectivity index (χ2n) is 2.33. The fourth-order valence-electron chi connectivity index (χ4n) is 0.740. The quantitative estimate of drug-likeness (QED) is 0.473. The van der Waals surface area contributed by atoms with Crippen LogP contribution in [0.2, 0.25) is 4.34 Å². The standard InChI is InChI=1S/C9H6ClNO2S2/c10-8-2-1-7(15-8)5-13-9(12)3-4-14-6-11/h1-4H,5H2/b4-3-. The Morgan fingerprint density at radius 1 is 1.73 bits per heavy atom. The zero-order valence-corrected chi connectivity index (χ0v) is 9.86. The number of thioether (sulfide) groups is 1. The van der Waals surface area contributed by atoms with Crippen molar-refractivity contribution in [2.45, 2.75) is 6.61 Å². The van der Waals surface area contributed by atoms with Crippen LogP contribution in [0.25, 0.3) is 0 Å². The lowest BCUT2D eigenvalue weighted by Gasteiger charge is -1.97. The normalized spacial score (nSPS) is 10.1. The third-order valence-electron chi connectivity index (χ3n) is 1.31. The molecule has 0 aliphatic carbocycles. The second kappa shape index (κ2) is 6.51. The first-order valence-corrected chi connectivity index (χ1v) is 5.92. The lowest BCUT2D eigenvalue weighted by atomic mass is 10.5. The van der Waals surface area contributed by atoms with Crippen LogP contribution >= 0.6 is 34.7 Å². The molecule has 0 fully saturated rings. The van der Waals surface area contributed by atoms with Gasteiger partial charge in [-0.25, -0.2) is 4.79 Å². The number of rotatable bonds is 4. The van der Waals surface area contributed by atoms with E-state index in [1.54, 1.807) is 17.5 Å². The molecular formula is C9H6ClNO2S2. The van der Waals surface area contributed by atoms with Crippen molar-refractivity contribution in [2.24, 2.45) is 0 Å². The molecule has 0 spiro atoms. The lowest BCUT2D eigenvalue weighted by molar-refractivity contribution is -0.138. The van der Waals surface area contributed by atoms with Gasteiger partial charge < -0.3 is 4.74 Å². The van der Waals surface area contributed by atoms with Crippen molar-refractivity contribution in [3.05, 3.63) is 32.8 Å². The predicted octanol–water partition coefficient (Wildman–Crippen LogP) is 3.17. The molecule has 0 N–H and O–H groups in total. The Labute approximate surface area is 100 Å². The molecule has 0 atom stereocenters. The molecule has 1 aromatic rings. The van der Waals surface area contributed by atoms with E-state index in [2.05, 4.69) is 0 Å². The highest BCUT2D eigenvalue weighted by Crippen LogP contribution is 2.21. The summed E-state index contributed by atoms with van der Waals surface area (Å²) in [7, 11) is 0. The molecule has 6 heteroatoms. The maximum atomic E-state index is 11.0. The van der Waals surface area contributed by atoms with Gasteiger partial charge in [0, 0.05) is 11.0 Å². The third kappa shape index (κ3) is 4.88. The second-order valence-corrected chi connectivity index (χ2v) is 4.82. The number of ether oxygens (including phenoxy) is 1. The highest BCUT2D eigenvalue weighted by molar-refractivity contribution is 8.06. The number of thiocyanates is 1. The zero-order chi connectivity index (χ0) is 11.1. The average Bonchev–Trinajstić information content (AvgIpc) is 2.62. The summed E-state index contributed by atoms with van der Waals surface area (Å²) < 4.78 is 5.55. The predicted molar refractivity (Wildman–Crippen MR) is 61.5 cm³/mol. The van der Waals surface area contributed by atoms with Crippen LogP contribution in [-0.4, -0.2) is 5.97 Å². The molecule has 0 unspecified atom stereocenters. The fourth-order valence-corrected chi connectivity index (χ4v) is 1.98. The molecule has 0 aliphatic rings. The highest BCUT2D eigenvalue weighted by Gasteiger charge is 2.01. The summed E-state index contributed by atoms with van der Waals surface area (Å²) in [6, 6.07) is 3.55. The van der Waals surface area contributed by atoms with Gasteiger partial charge in [-0.15, -0.1) is 11.3 Å². The molecule has 0 bridgehead atoms. The van der Waals surface area contributed by atoms with Crippen molar-refractivity contribution in [1.29, 1.82) is 5.26 Å². The number of carbonyl (C=O) groups is 1. The van der Waals surface area contributed by atoms with E-state index < -0.39 is 5.97 Å². The van der Waals surface area contributed by atoms with E-state index in [1.807, 2.05) is 0 Å². The number of hydrogen-bond donors (Lipinski definition) is 0. The number of hydrogen-bond acceptors (Lipinski definition) is 5. The van der Waals surface area contributed by atoms with Gasteiger partial charge in [0.2, 0.25) is 0 Å². The average molecular weight is 260 g/mol. The smallest absolute Gasteiger partial charge is 0.331 e. The molecule has 0 radical (unpaired) electrons. The molecule has 0 saturated heterocycles. The van der Waals surface area contributed by atoms with Gasteiger partial charge in [0.25, 0.3) is 0 Å². The Bertz CT molecular complexity index is 408. The molecule has 1 rings (SSSR count). The molecule has 0 amide bonds. The van der Waals surface area contributed by atoms with Gasteiger partial charge in [-0.05, 0) is 29.3 Å². The van der Waals surface area contributed by atoms with Crippen molar-refractivity contribution in [3.8, 4) is 5.40 Å². The van der Waals surface area contributed by atoms with Gasteiger partial charge >= 0.3 is 5.97 Å². The first-order valence-electron chi connectivity index (χ1n) is 3.84. The molecule has 1 heterocycles. The van der Waals surface area contributed by atoms with E-state index in [0.29, 0.717) is 4.34 Å². The van der Waals surface area contributed by atoms with Crippen LogP contribution in [0, 0.1) is 10.7 Å². The number of thiophene rings is 1. The number of esters is 1. The zero-order valence-electron chi connectivity index (χ0n) is 7.47. The van der Waals surface area contributed by atoms with Crippen molar-refractivity contribution in [3.63, 3.8) is 0 Å². The summed E-state index contributed by atoms with van der Waals surface area (Å²) in [4.78, 5) is 11.9. The minimum absolute atomic E-state index is 0.206.